The SMILES string of the molecule is COC(=O)C(C(=O)/C=C/c1ccccc1C)=P(c1ccccc1)(c1ccccc1)c1ccccc1. The highest BCUT2D eigenvalue weighted by Crippen LogP contribution is 2.46. The van der Waals surface area contributed by atoms with E-state index in [-0.39, 0.29) is 11.1 Å². The van der Waals surface area contributed by atoms with E-state index in [0.717, 1.165) is 27.0 Å². The molecule has 4 rings (SSSR count). The maximum Gasteiger partial charge on any atom is 0.342 e. The first kappa shape index (κ1) is 24.2. The van der Waals surface area contributed by atoms with Crippen molar-refractivity contribution in [3.05, 3.63) is 132 Å². The lowest BCUT2D eigenvalue weighted by molar-refractivity contribution is -0.133. The van der Waals surface area contributed by atoms with Gasteiger partial charge in [0.15, 0.2) is 5.78 Å². The molecule has 4 aromatic rings. The number of methoxy groups -OCH3 is 1. The van der Waals surface area contributed by atoms with Gasteiger partial charge in [-0.1, -0.05) is 121 Å². The highest BCUT2D eigenvalue weighted by Gasteiger charge is 2.36. The molecule has 0 N–H and O–H groups in total. The van der Waals surface area contributed by atoms with Gasteiger partial charge in [-0.15, -0.1) is 0 Å². The van der Waals surface area contributed by atoms with Crippen molar-refractivity contribution in [3.8, 4) is 0 Å². The number of aryl methyl sites for hydroxylation is 1. The van der Waals surface area contributed by atoms with Crippen molar-refractivity contribution in [2.75, 3.05) is 7.11 Å². The van der Waals surface area contributed by atoms with Crippen LogP contribution in [0.4, 0.5) is 0 Å². The Morgan fingerprint density at radius 1 is 0.657 bits per heavy atom. The standard InChI is InChI=1S/C31H27O3P/c1-24-14-12-13-15-25(24)22-23-29(32)30(31(33)34-2)35(26-16-6-3-7-17-26,27-18-8-4-9-19-27)28-20-10-5-11-21-28/h3-23H,1-2H3/b23-22+. The Balaban J connectivity index is 2.14. The summed E-state index contributed by atoms with van der Waals surface area (Å²) >= 11 is 0. The second kappa shape index (κ2) is 11.0. The average Bonchev–Trinajstić information content (AvgIpc) is 2.92. The first-order valence-corrected chi connectivity index (χ1v) is 13.2. The minimum Gasteiger partial charge on any atom is -0.465 e. The lowest BCUT2D eigenvalue weighted by Crippen LogP contribution is -2.37. The second-order valence-electron chi connectivity index (χ2n) is 8.07. The number of benzene rings is 4. The lowest BCUT2D eigenvalue weighted by Gasteiger charge is -2.31. The first-order valence-electron chi connectivity index (χ1n) is 11.4. The number of carbonyl (C=O) groups is 2. The monoisotopic (exact) mass is 478 g/mol. The molecule has 0 aliphatic heterocycles. The molecule has 0 spiro atoms. The molecule has 0 amide bonds. The van der Waals surface area contributed by atoms with Gasteiger partial charge in [0.25, 0.3) is 0 Å². The van der Waals surface area contributed by atoms with Gasteiger partial charge in [-0.3, -0.25) is 4.79 Å². The normalized spacial score (nSPS) is 11.3. The number of ketones is 1. The molecule has 0 unspecified atom stereocenters. The molecular formula is C31H27O3P. The van der Waals surface area contributed by atoms with Crippen LogP contribution in [0, 0.1) is 6.92 Å². The van der Waals surface area contributed by atoms with Crippen LogP contribution >= 0.6 is 6.89 Å². The van der Waals surface area contributed by atoms with E-state index >= 15 is 0 Å². The third kappa shape index (κ3) is 4.82. The maximum absolute atomic E-state index is 14.0. The molecule has 0 aromatic heterocycles. The van der Waals surface area contributed by atoms with Gasteiger partial charge in [0.1, 0.15) is 5.29 Å². The number of rotatable bonds is 7. The molecule has 0 radical (unpaired) electrons. The molecule has 35 heavy (non-hydrogen) atoms. The van der Waals surface area contributed by atoms with Crippen LogP contribution in [-0.2, 0) is 14.3 Å². The van der Waals surface area contributed by atoms with Gasteiger partial charge in [-0.25, -0.2) is 4.79 Å². The fraction of sp³-hybridized carbons (Fsp3) is 0.0645. The molecule has 0 bridgehead atoms. The molecule has 174 valence electrons. The van der Waals surface area contributed by atoms with Crippen molar-refractivity contribution in [1.29, 1.82) is 0 Å². The van der Waals surface area contributed by atoms with Crippen LogP contribution in [0.5, 0.6) is 0 Å². The molecule has 4 aromatic carbocycles. The number of esters is 1. The van der Waals surface area contributed by atoms with E-state index in [2.05, 4.69) is 0 Å². The number of allylic oxidation sites excluding steroid dienone is 1. The van der Waals surface area contributed by atoms with Gasteiger partial charge < -0.3 is 4.74 Å². The largest absolute Gasteiger partial charge is 0.465 e. The van der Waals surface area contributed by atoms with Crippen molar-refractivity contribution in [2.24, 2.45) is 0 Å². The van der Waals surface area contributed by atoms with Crippen molar-refractivity contribution in [3.63, 3.8) is 0 Å². The molecule has 0 aliphatic rings. The highest BCUT2D eigenvalue weighted by molar-refractivity contribution is 7.97. The second-order valence-corrected chi connectivity index (χ2v) is 11.4. The van der Waals surface area contributed by atoms with Crippen LogP contribution in [0.3, 0.4) is 0 Å². The van der Waals surface area contributed by atoms with E-state index < -0.39 is 12.9 Å². The summed E-state index contributed by atoms with van der Waals surface area (Å²) < 4.78 is 5.28. The van der Waals surface area contributed by atoms with E-state index in [4.69, 9.17) is 4.74 Å². The number of hydrogen-bond acceptors (Lipinski definition) is 3. The zero-order valence-electron chi connectivity index (χ0n) is 19.8. The molecule has 3 nitrogen and oxygen atoms in total. The maximum atomic E-state index is 14.0. The summed E-state index contributed by atoms with van der Waals surface area (Å²) in [5.74, 6) is -0.973. The zero-order valence-corrected chi connectivity index (χ0v) is 20.7. The Hall–Kier alpha value is -3.94. The number of hydrogen-bond donors (Lipinski definition) is 0. The molecule has 0 saturated carbocycles. The fourth-order valence-corrected chi connectivity index (χ4v) is 8.60. The zero-order chi connectivity index (χ0) is 24.7. The Bertz CT molecular complexity index is 1300. The van der Waals surface area contributed by atoms with Crippen LogP contribution in [0.15, 0.2) is 121 Å². The predicted molar refractivity (Wildman–Crippen MR) is 147 cm³/mol. The fourth-order valence-electron chi connectivity index (χ4n) is 4.31. The minimum atomic E-state index is -2.88. The van der Waals surface area contributed by atoms with Gasteiger partial charge >= 0.3 is 5.97 Å². The quantitative estimate of drug-likeness (QED) is 0.164. The highest BCUT2D eigenvalue weighted by atomic mass is 31.2. The summed E-state index contributed by atoms with van der Waals surface area (Å²) in [5.41, 5.74) is 1.97. The van der Waals surface area contributed by atoms with E-state index in [1.54, 1.807) is 6.08 Å². The molecule has 0 fully saturated rings. The molecule has 0 saturated heterocycles. The topological polar surface area (TPSA) is 43.4 Å². The van der Waals surface area contributed by atoms with E-state index in [1.807, 2.05) is 122 Å². The van der Waals surface area contributed by atoms with Crippen LogP contribution in [0.2, 0.25) is 0 Å². The Morgan fingerprint density at radius 3 is 1.51 bits per heavy atom. The van der Waals surface area contributed by atoms with Crippen LogP contribution in [0.25, 0.3) is 6.08 Å². The third-order valence-corrected chi connectivity index (χ3v) is 10.3. The van der Waals surface area contributed by atoms with E-state index in [0.29, 0.717) is 0 Å². The first-order chi connectivity index (χ1) is 17.1. The van der Waals surface area contributed by atoms with E-state index in [1.165, 1.54) is 13.2 Å². The molecule has 0 heterocycles. The smallest absolute Gasteiger partial charge is 0.342 e. The van der Waals surface area contributed by atoms with Gasteiger partial charge in [0, 0.05) is 0 Å². The van der Waals surface area contributed by atoms with Crippen LogP contribution < -0.4 is 15.9 Å². The molecule has 0 aliphatic carbocycles. The summed E-state index contributed by atoms with van der Waals surface area (Å²) in [6.45, 7) is -0.894. The summed E-state index contributed by atoms with van der Waals surface area (Å²) in [6.07, 6.45) is 3.27. The van der Waals surface area contributed by atoms with Gasteiger partial charge in [-0.05, 0) is 46.9 Å². The van der Waals surface area contributed by atoms with Crippen molar-refractivity contribution < 1.29 is 14.3 Å². The summed E-state index contributed by atoms with van der Waals surface area (Å²) in [5, 5.41) is 2.88. The molecule has 0 atom stereocenters. The minimum absolute atomic E-state index is 0.147. The average molecular weight is 479 g/mol. The Morgan fingerprint density at radius 2 is 1.09 bits per heavy atom. The van der Waals surface area contributed by atoms with Crippen molar-refractivity contribution in [1.82, 2.24) is 0 Å². The Labute approximate surface area is 206 Å². The van der Waals surface area contributed by atoms with Crippen molar-refractivity contribution >= 4 is 45.9 Å². The van der Waals surface area contributed by atoms with Gasteiger partial charge in [0.2, 0.25) is 0 Å². The predicted octanol–water partition coefficient (Wildman–Crippen LogP) is 4.92. The van der Waals surface area contributed by atoms with Gasteiger partial charge in [-0.2, -0.15) is 0 Å². The molecular weight excluding hydrogens is 451 g/mol. The van der Waals surface area contributed by atoms with Crippen LogP contribution in [0.1, 0.15) is 11.1 Å². The van der Waals surface area contributed by atoms with E-state index in [9.17, 15) is 9.59 Å². The summed E-state index contributed by atoms with van der Waals surface area (Å²) in [4.78, 5) is 27.5. The van der Waals surface area contributed by atoms with Crippen LogP contribution in [-0.4, -0.2) is 24.2 Å². The Kier molecular flexibility index (Phi) is 7.60. The number of carbonyl (C=O) groups excluding carboxylic acids is 2. The van der Waals surface area contributed by atoms with Gasteiger partial charge in [0.05, 0.1) is 7.11 Å². The number of ether oxygens (including phenoxy) is 1. The summed E-state index contributed by atoms with van der Waals surface area (Å²) in [7, 11) is 1.33. The third-order valence-electron chi connectivity index (χ3n) is 5.98. The molecule has 4 heteroatoms. The lowest BCUT2D eigenvalue weighted by atomic mass is 10.1. The van der Waals surface area contributed by atoms with Crippen molar-refractivity contribution in [2.45, 2.75) is 6.92 Å². The summed E-state index contributed by atoms with van der Waals surface area (Å²) in [6, 6.07) is 37.3.